The molecule has 1 heterocycles. The van der Waals surface area contributed by atoms with Crippen LogP contribution in [0.1, 0.15) is 65.8 Å². The van der Waals surface area contributed by atoms with Crippen LogP contribution >= 0.6 is 0 Å². The van der Waals surface area contributed by atoms with Gasteiger partial charge >= 0.3 is 0 Å². The van der Waals surface area contributed by atoms with E-state index in [2.05, 4.69) is 229 Å². The van der Waals surface area contributed by atoms with Crippen LogP contribution in [-0.4, -0.2) is 0 Å². The molecule has 0 spiro atoms. The van der Waals surface area contributed by atoms with Gasteiger partial charge in [0.25, 0.3) is 0 Å². The van der Waals surface area contributed by atoms with Crippen molar-refractivity contribution in [3.8, 4) is 33.4 Å². The fourth-order valence-corrected chi connectivity index (χ4v) is 12.1. The minimum Gasteiger partial charge on any atom is -0.456 e. The highest BCUT2D eigenvalue weighted by atomic mass is 16.3. The van der Waals surface area contributed by atoms with Crippen LogP contribution in [0.15, 0.2) is 235 Å². The van der Waals surface area contributed by atoms with E-state index in [1.54, 1.807) is 0 Å². The molecule has 1 aromatic heterocycles. The second kappa shape index (κ2) is 16.2. The molecule has 0 bridgehead atoms. The van der Waals surface area contributed by atoms with E-state index >= 15 is 0 Å². The van der Waals surface area contributed by atoms with Crippen molar-refractivity contribution in [3.05, 3.63) is 258 Å². The van der Waals surface area contributed by atoms with Crippen LogP contribution in [0.25, 0.3) is 66.1 Å². The Kier molecular flexibility index (Phi) is 9.53. The Morgan fingerprint density at radius 3 is 1.75 bits per heavy atom. The van der Waals surface area contributed by atoms with Crippen molar-refractivity contribution in [2.24, 2.45) is 0 Å². The predicted molar refractivity (Wildman–Crippen MR) is 280 cm³/mol. The second-order valence-electron chi connectivity index (χ2n) is 18.5. The van der Waals surface area contributed by atoms with Gasteiger partial charge in [0.05, 0.1) is 22.5 Å². The second-order valence-corrected chi connectivity index (χ2v) is 18.5. The van der Waals surface area contributed by atoms with Crippen molar-refractivity contribution in [3.63, 3.8) is 0 Å². The summed E-state index contributed by atoms with van der Waals surface area (Å²) >= 11 is 0. The molecule has 0 saturated heterocycles. The Morgan fingerprint density at radius 1 is 0.403 bits per heavy atom. The van der Waals surface area contributed by atoms with Crippen LogP contribution in [0.5, 0.6) is 0 Å². The third-order valence-electron chi connectivity index (χ3n) is 15.0. The summed E-state index contributed by atoms with van der Waals surface area (Å²) in [5.41, 5.74) is 18.5. The molecule has 11 aromatic rings. The Labute approximate surface area is 392 Å². The lowest BCUT2D eigenvalue weighted by Gasteiger charge is -2.35. The normalized spacial score (nSPS) is 14.3. The molecule has 0 aliphatic heterocycles. The SMILES string of the molecule is c1ccc(C2(c3ccccc3)c3ccccc3-c3c(N(c4ccccc4-c4ccc5oc6ccccc6c5c4)c4ccccc4-c4cccc5cccc(C6CCCCC6)c45)cccc32)cc1. The molecule has 2 heteroatoms. The van der Waals surface area contributed by atoms with Gasteiger partial charge in [0, 0.05) is 27.5 Å². The van der Waals surface area contributed by atoms with Gasteiger partial charge in [0.1, 0.15) is 11.2 Å². The topological polar surface area (TPSA) is 16.4 Å². The lowest BCUT2D eigenvalue weighted by molar-refractivity contribution is 0.445. The third-order valence-corrected chi connectivity index (χ3v) is 15.0. The number of hydrogen-bond donors (Lipinski definition) is 0. The number of hydrogen-bond acceptors (Lipinski definition) is 2. The summed E-state index contributed by atoms with van der Waals surface area (Å²) in [6.07, 6.45) is 6.39. The minimum absolute atomic E-state index is 0.549. The largest absolute Gasteiger partial charge is 0.456 e. The molecule has 67 heavy (non-hydrogen) atoms. The van der Waals surface area contributed by atoms with Gasteiger partial charge in [-0.2, -0.15) is 0 Å². The molecular formula is C65H49NO. The first-order chi connectivity index (χ1) is 33.3. The highest BCUT2D eigenvalue weighted by Gasteiger charge is 2.47. The Hall–Kier alpha value is -7.94. The van der Waals surface area contributed by atoms with Crippen molar-refractivity contribution in [2.45, 2.75) is 43.4 Å². The zero-order valence-corrected chi connectivity index (χ0v) is 37.4. The highest BCUT2D eigenvalue weighted by molar-refractivity contribution is 6.09. The molecule has 1 fully saturated rings. The van der Waals surface area contributed by atoms with E-state index in [0.29, 0.717) is 5.92 Å². The molecule has 0 radical (unpaired) electrons. The van der Waals surface area contributed by atoms with Crippen LogP contribution in [0, 0.1) is 0 Å². The maximum absolute atomic E-state index is 6.38. The average molecular weight is 860 g/mol. The maximum Gasteiger partial charge on any atom is 0.135 e. The minimum atomic E-state index is -0.549. The van der Waals surface area contributed by atoms with E-state index in [9.17, 15) is 0 Å². The summed E-state index contributed by atoms with van der Waals surface area (Å²) in [7, 11) is 0. The summed E-state index contributed by atoms with van der Waals surface area (Å²) in [6, 6.07) is 85.6. The van der Waals surface area contributed by atoms with Crippen LogP contribution in [-0.2, 0) is 5.41 Å². The van der Waals surface area contributed by atoms with Crippen molar-refractivity contribution in [1.29, 1.82) is 0 Å². The van der Waals surface area contributed by atoms with Crippen LogP contribution in [0.3, 0.4) is 0 Å². The average Bonchev–Trinajstić information content (AvgIpc) is 3.93. The van der Waals surface area contributed by atoms with Gasteiger partial charge in [-0.05, 0) is 110 Å². The molecule has 0 N–H and O–H groups in total. The molecule has 320 valence electrons. The zero-order chi connectivity index (χ0) is 44.3. The van der Waals surface area contributed by atoms with Crippen molar-refractivity contribution < 1.29 is 4.42 Å². The smallest absolute Gasteiger partial charge is 0.135 e. The molecule has 2 aliphatic rings. The lowest BCUT2D eigenvalue weighted by atomic mass is 9.68. The van der Waals surface area contributed by atoms with E-state index in [4.69, 9.17) is 4.42 Å². The first-order valence-electron chi connectivity index (χ1n) is 24.0. The number of fused-ring (bicyclic) bond motifs is 7. The summed E-state index contributed by atoms with van der Waals surface area (Å²) in [5.74, 6) is 0.550. The van der Waals surface area contributed by atoms with E-state index in [1.165, 1.54) is 92.9 Å². The van der Waals surface area contributed by atoms with Crippen molar-refractivity contribution in [2.75, 3.05) is 4.90 Å². The summed E-state index contributed by atoms with van der Waals surface area (Å²) in [5, 5.41) is 4.92. The van der Waals surface area contributed by atoms with E-state index in [-0.39, 0.29) is 0 Å². The van der Waals surface area contributed by atoms with Gasteiger partial charge in [-0.15, -0.1) is 0 Å². The van der Waals surface area contributed by atoms with E-state index in [0.717, 1.165) is 50.1 Å². The lowest BCUT2D eigenvalue weighted by Crippen LogP contribution is -2.28. The molecule has 13 rings (SSSR count). The summed E-state index contributed by atoms with van der Waals surface area (Å²) in [4.78, 5) is 2.59. The highest BCUT2D eigenvalue weighted by Crippen LogP contribution is 2.60. The molecule has 0 atom stereocenters. The molecule has 2 nitrogen and oxygen atoms in total. The molecule has 0 unspecified atom stereocenters. The van der Waals surface area contributed by atoms with Crippen LogP contribution in [0.4, 0.5) is 17.1 Å². The van der Waals surface area contributed by atoms with Gasteiger partial charge in [-0.1, -0.05) is 213 Å². The number of nitrogens with zero attached hydrogens (tertiary/aromatic N) is 1. The van der Waals surface area contributed by atoms with Crippen LogP contribution in [0.2, 0.25) is 0 Å². The van der Waals surface area contributed by atoms with Crippen molar-refractivity contribution in [1.82, 2.24) is 0 Å². The fraction of sp³-hybridized carbons (Fsp3) is 0.108. The van der Waals surface area contributed by atoms with Crippen LogP contribution < -0.4 is 4.90 Å². The number of benzene rings is 10. The van der Waals surface area contributed by atoms with Gasteiger partial charge in [0.15, 0.2) is 0 Å². The quantitative estimate of drug-likeness (QED) is 0.151. The van der Waals surface area contributed by atoms with E-state index in [1.807, 2.05) is 6.07 Å². The fourth-order valence-electron chi connectivity index (χ4n) is 12.1. The zero-order valence-electron chi connectivity index (χ0n) is 37.4. The van der Waals surface area contributed by atoms with E-state index < -0.39 is 5.41 Å². The number of rotatable bonds is 8. The molecular weight excluding hydrogens is 811 g/mol. The number of para-hydroxylation sites is 3. The molecule has 1 saturated carbocycles. The van der Waals surface area contributed by atoms with Gasteiger partial charge in [0.2, 0.25) is 0 Å². The maximum atomic E-state index is 6.38. The predicted octanol–water partition coefficient (Wildman–Crippen LogP) is 18.0. The number of furan rings is 1. The number of anilines is 3. The Morgan fingerprint density at radius 2 is 0.970 bits per heavy atom. The molecule has 2 aliphatic carbocycles. The monoisotopic (exact) mass is 859 g/mol. The Balaban J connectivity index is 1.12. The molecule has 0 amide bonds. The summed E-state index contributed by atoms with van der Waals surface area (Å²) < 4.78 is 6.38. The van der Waals surface area contributed by atoms with Crippen molar-refractivity contribution >= 4 is 49.8 Å². The van der Waals surface area contributed by atoms with Gasteiger partial charge in [-0.25, -0.2) is 0 Å². The first kappa shape index (κ1) is 39.4. The van der Waals surface area contributed by atoms with Gasteiger partial charge in [-0.3, -0.25) is 0 Å². The molecule has 10 aromatic carbocycles. The first-order valence-corrected chi connectivity index (χ1v) is 24.0. The summed E-state index contributed by atoms with van der Waals surface area (Å²) in [6.45, 7) is 0. The Bertz CT molecular complexity index is 3590. The third kappa shape index (κ3) is 6.24. The van der Waals surface area contributed by atoms with Gasteiger partial charge < -0.3 is 9.32 Å². The standard InChI is InChI=1S/C65H49NO/c1-4-21-44(22-5-1)50-33-18-23-45-24-19-34-53(63(45)50)51-30-12-16-38-59(51)66(58-37-15-11-29-49(58)46-41-42-62-55(43-46)52-31-13-17-40-61(52)67-62)60-39-20-36-57-64(60)54-32-10-14-35-56(54)65(57,47-25-6-2-7-26-47)48-27-8-3-9-28-48/h2-3,6-20,23-44H,1,4-5,21-22H2.